The van der Waals surface area contributed by atoms with Crippen molar-refractivity contribution in [2.75, 3.05) is 0 Å². The smallest absolute Gasteiger partial charge is 0.0991 e. The van der Waals surface area contributed by atoms with Crippen LogP contribution >= 0.6 is 0 Å². The molecule has 1 nitrogen and oxygen atoms in total. The number of nitrogens with zero attached hydrogens (tertiary/aromatic N) is 1. The van der Waals surface area contributed by atoms with Crippen LogP contribution in [0.25, 0.3) is 0 Å². The van der Waals surface area contributed by atoms with E-state index in [0.717, 1.165) is 17.4 Å². The van der Waals surface area contributed by atoms with Crippen molar-refractivity contribution in [1.29, 1.82) is 5.26 Å². The van der Waals surface area contributed by atoms with Crippen LogP contribution < -0.4 is 0 Å². The summed E-state index contributed by atoms with van der Waals surface area (Å²) in [4.78, 5) is 0. The molecular weight excluding hydrogens is 222 g/mol. The summed E-state index contributed by atoms with van der Waals surface area (Å²) in [6, 6.07) is 11.9. The molecule has 2 rings (SSSR count). The van der Waals surface area contributed by atoms with Crippen LogP contribution in [-0.2, 0) is 0 Å². The molecule has 1 aromatic rings. The maximum Gasteiger partial charge on any atom is 0.0991 e. The molecule has 0 radical (unpaired) electrons. The van der Waals surface area contributed by atoms with E-state index in [1.54, 1.807) is 6.04 Å². The maximum absolute atomic E-state index is 8.79. The Balaban J connectivity index is 1.94. The van der Waals surface area contributed by atoms with Crippen molar-refractivity contribution in [3.63, 3.8) is 0 Å². The lowest BCUT2D eigenvalue weighted by Crippen LogP contribution is -2.14. The zero-order valence-corrected chi connectivity index (χ0v) is 12.1. The Bertz CT molecular complexity index is 382. The van der Waals surface area contributed by atoms with Gasteiger partial charge < -0.3 is 0 Å². The molecular formula is C15H21NSi. The predicted molar refractivity (Wildman–Crippen MR) is 75.1 cm³/mol. The third-order valence-electron chi connectivity index (χ3n) is 4.05. The average molecular weight is 243 g/mol. The molecule has 2 heteroatoms. The quantitative estimate of drug-likeness (QED) is 0.746. The highest BCUT2D eigenvalue weighted by molar-refractivity contribution is 6.33. The van der Waals surface area contributed by atoms with Gasteiger partial charge in [-0.3, -0.25) is 0 Å². The van der Waals surface area contributed by atoms with Gasteiger partial charge in [0.15, 0.2) is 0 Å². The van der Waals surface area contributed by atoms with Crippen molar-refractivity contribution < 1.29 is 0 Å². The second-order valence-electron chi connectivity index (χ2n) is 5.24. The van der Waals surface area contributed by atoms with Crippen LogP contribution in [0, 0.1) is 17.2 Å². The Morgan fingerprint density at radius 2 is 1.82 bits per heavy atom. The first-order chi connectivity index (χ1) is 8.33. The molecule has 0 heterocycles. The van der Waals surface area contributed by atoms with Gasteiger partial charge in [0.05, 0.1) is 11.6 Å². The first-order valence-corrected chi connectivity index (χ1v) is 9.25. The third-order valence-corrected chi connectivity index (χ3v) is 5.45. The summed E-state index contributed by atoms with van der Waals surface area (Å²) in [5, 5.41) is 8.79. The van der Waals surface area contributed by atoms with Crippen LogP contribution in [0.1, 0.15) is 42.7 Å². The zero-order valence-electron chi connectivity index (χ0n) is 10.7. The van der Waals surface area contributed by atoms with Gasteiger partial charge in [-0.25, -0.2) is 0 Å². The fourth-order valence-electron chi connectivity index (χ4n) is 3.02. The summed E-state index contributed by atoms with van der Waals surface area (Å²) in [7, 11) is 0.245. The van der Waals surface area contributed by atoms with Crippen LogP contribution in [0.5, 0.6) is 0 Å². The Morgan fingerprint density at radius 3 is 2.35 bits per heavy atom. The van der Waals surface area contributed by atoms with Crippen molar-refractivity contribution in [1.82, 2.24) is 0 Å². The molecule has 0 saturated heterocycles. The van der Waals surface area contributed by atoms with Gasteiger partial charge in [-0.1, -0.05) is 37.6 Å². The van der Waals surface area contributed by atoms with Gasteiger partial charge in [-0.2, -0.15) is 5.26 Å². The number of benzene rings is 1. The van der Waals surface area contributed by atoms with Gasteiger partial charge in [0, 0.05) is 9.52 Å². The van der Waals surface area contributed by atoms with Gasteiger partial charge in [0.2, 0.25) is 0 Å². The molecule has 1 fully saturated rings. The first kappa shape index (κ1) is 12.4. The van der Waals surface area contributed by atoms with Crippen molar-refractivity contribution >= 4 is 9.52 Å². The van der Waals surface area contributed by atoms with Gasteiger partial charge in [0.1, 0.15) is 0 Å². The van der Waals surface area contributed by atoms with E-state index in [9.17, 15) is 0 Å². The molecule has 0 spiro atoms. The van der Waals surface area contributed by atoms with E-state index in [2.05, 4.69) is 24.7 Å². The van der Waals surface area contributed by atoms with E-state index in [-0.39, 0.29) is 9.52 Å². The van der Waals surface area contributed by atoms with Crippen molar-refractivity contribution in [2.45, 2.75) is 44.2 Å². The SMILES string of the molecule is C[SiH2]CC1CCC(c2ccc(C#N)cc2)CC1. The average Bonchev–Trinajstić information content (AvgIpc) is 2.40. The summed E-state index contributed by atoms with van der Waals surface area (Å²) in [5.41, 5.74) is 2.22. The molecule has 0 aromatic heterocycles. The molecule has 0 aliphatic heterocycles. The summed E-state index contributed by atoms with van der Waals surface area (Å²) < 4.78 is 0. The minimum atomic E-state index is 0.245. The minimum absolute atomic E-state index is 0.245. The highest BCUT2D eigenvalue weighted by Gasteiger charge is 2.21. The second kappa shape index (κ2) is 6.02. The normalized spacial score (nSPS) is 24.9. The van der Waals surface area contributed by atoms with Crippen LogP contribution in [0.2, 0.25) is 12.6 Å². The predicted octanol–water partition coefficient (Wildman–Crippen LogP) is 3.47. The fourth-order valence-corrected chi connectivity index (χ4v) is 4.42. The lowest BCUT2D eigenvalue weighted by Gasteiger charge is -2.28. The van der Waals surface area contributed by atoms with Gasteiger partial charge >= 0.3 is 0 Å². The van der Waals surface area contributed by atoms with Gasteiger partial charge in [-0.15, -0.1) is 0 Å². The molecule has 1 aliphatic carbocycles. The number of hydrogen-bond acceptors (Lipinski definition) is 1. The molecule has 17 heavy (non-hydrogen) atoms. The molecule has 1 saturated carbocycles. The van der Waals surface area contributed by atoms with Crippen LogP contribution in [0.4, 0.5) is 0 Å². The number of hydrogen-bond donors (Lipinski definition) is 0. The number of rotatable bonds is 3. The first-order valence-electron chi connectivity index (χ1n) is 6.83. The van der Waals surface area contributed by atoms with E-state index in [1.807, 2.05) is 12.1 Å². The monoisotopic (exact) mass is 243 g/mol. The highest BCUT2D eigenvalue weighted by atomic mass is 28.2. The Kier molecular flexibility index (Phi) is 4.39. The number of nitriles is 1. The Hall–Kier alpha value is -1.07. The molecule has 0 unspecified atom stereocenters. The lowest BCUT2D eigenvalue weighted by molar-refractivity contribution is 0.347. The summed E-state index contributed by atoms with van der Waals surface area (Å²) >= 11 is 0. The zero-order chi connectivity index (χ0) is 12.1. The maximum atomic E-state index is 8.79. The summed E-state index contributed by atoms with van der Waals surface area (Å²) in [5.74, 6) is 1.78. The van der Waals surface area contributed by atoms with Crippen LogP contribution in [0.15, 0.2) is 24.3 Å². The Labute approximate surface area is 107 Å². The molecule has 90 valence electrons. The van der Waals surface area contributed by atoms with E-state index in [0.29, 0.717) is 0 Å². The molecule has 0 atom stereocenters. The molecule has 1 aliphatic rings. The molecule has 0 amide bonds. The standard InChI is InChI=1S/C15H21NSi/c1-17-11-13-4-8-15(9-5-13)14-6-2-12(10-16)3-7-14/h2-3,6-7,13,15H,4-5,8-9,11,17H2,1H3. The third kappa shape index (κ3) is 3.20. The van der Waals surface area contributed by atoms with Crippen LogP contribution in [0.3, 0.4) is 0 Å². The highest BCUT2D eigenvalue weighted by Crippen LogP contribution is 2.37. The van der Waals surface area contributed by atoms with Crippen molar-refractivity contribution in [2.24, 2.45) is 5.92 Å². The van der Waals surface area contributed by atoms with E-state index in [4.69, 9.17) is 5.26 Å². The van der Waals surface area contributed by atoms with E-state index >= 15 is 0 Å². The Morgan fingerprint density at radius 1 is 1.18 bits per heavy atom. The van der Waals surface area contributed by atoms with Crippen molar-refractivity contribution in [3.8, 4) is 6.07 Å². The summed E-state index contributed by atoms with van der Waals surface area (Å²) in [6.07, 6.45) is 5.55. The summed E-state index contributed by atoms with van der Waals surface area (Å²) in [6.45, 7) is 2.42. The molecule has 0 bridgehead atoms. The van der Waals surface area contributed by atoms with Crippen LogP contribution in [-0.4, -0.2) is 9.52 Å². The van der Waals surface area contributed by atoms with Crippen molar-refractivity contribution in [3.05, 3.63) is 35.4 Å². The van der Waals surface area contributed by atoms with Gasteiger partial charge in [0.25, 0.3) is 0 Å². The molecule has 0 N–H and O–H groups in total. The lowest BCUT2D eigenvalue weighted by atomic mass is 9.79. The van der Waals surface area contributed by atoms with Gasteiger partial charge in [-0.05, 0) is 42.4 Å². The van der Waals surface area contributed by atoms with E-state index < -0.39 is 0 Å². The largest absolute Gasteiger partial charge is 0.192 e. The minimum Gasteiger partial charge on any atom is -0.192 e. The fraction of sp³-hybridized carbons (Fsp3) is 0.533. The topological polar surface area (TPSA) is 23.8 Å². The van der Waals surface area contributed by atoms with E-state index in [1.165, 1.54) is 31.2 Å². The second-order valence-corrected chi connectivity index (χ2v) is 6.82. The molecule has 1 aromatic carbocycles.